The van der Waals surface area contributed by atoms with Crippen molar-refractivity contribution in [3.63, 3.8) is 0 Å². The summed E-state index contributed by atoms with van der Waals surface area (Å²) in [6.07, 6.45) is -4.51. The third-order valence-electron chi connectivity index (χ3n) is 4.16. The Morgan fingerprint density at radius 1 is 1.17 bits per heavy atom. The molecule has 6 nitrogen and oxygen atoms in total. The maximum atomic E-state index is 12.5. The number of carboxylic acids is 1. The number of benzene rings is 2. The van der Waals surface area contributed by atoms with Crippen LogP contribution >= 0.6 is 11.8 Å². The van der Waals surface area contributed by atoms with Gasteiger partial charge in [0, 0.05) is 13.0 Å². The molecule has 2 aromatic rings. The van der Waals surface area contributed by atoms with Gasteiger partial charge in [-0.1, -0.05) is 42.1 Å². The normalized spacial score (nSPS) is 18.5. The van der Waals surface area contributed by atoms with Gasteiger partial charge in [-0.25, -0.2) is 4.99 Å². The summed E-state index contributed by atoms with van der Waals surface area (Å²) >= 11 is 0.877. The van der Waals surface area contributed by atoms with Crippen molar-refractivity contribution in [2.75, 3.05) is 6.54 Å². The summed E-state index contributed by atoms with van der Waals surface area (Å²) in [6.45, 7) is 0.281. The number of nitrogens with zero attached hydrogens (tertiary/aromatic N) is 2. The largest absolute Gasteiger partial charge is 0.573 e. The Hall–Kier alpha value is -3.01. The highest BCUT2D eigenvalue weighted by Crippen LogP contribution is 2.30. The average molecular weight is 437 g/mol. The number of carbonyl (C=O) groups is 2. The number of carboxylic acid groups (broad SMARTS) is 1. The summed E-state index contributed by atoms with van der Waals surface area (Å²) in [5.41, 5.74) is 1.24. The number of amides is 1. The van der Waals surface area contributed by atoms with Gasteiger partial charge in [0.05, 0.1) is 16.9 Å². The van der Waals surface area contributed by atoms with Crippen LogP contribution in [0, 0.1) is 0 Å². The monoisotopic (exact) mass is 437 g/mol. The molecule has 0 aliphatic carbocycles. The first-order chi connectivity index (χ1) is 14.2. The van der Waals surface area contributed by atoms with E-state index in [2.05, 4.69) is 9.73 Å². The molecule has 1 aliphatic rings. The molecule has 0 spiro atoms. The first-order valence-electron chi connectivity index (χ1n) is 8.87. The lowest BCUT2D eigenvalue weighted by molar-refractivity contribution is -0.304. The van der Waals surface area contributed by atoms with Crippen molar-refractivity contribution >= 4 is 34.5 Å². The second kappa shape index (κ2) is 9.21. The summed E-state index contributed by atoms with van der Waals surface area (Å²) in [5, 5.41) is 10.3. The fourth-order valence-electron chi connectivity index (χ4n) is 2.76. The zero-order valence-corrected chi connectivity index (χ0v) is 16.3. The van der Waals surface area contributed by atoms with E-state index in [1.807, 2.05) is 30.3 Å². The maximum absolute atomic E-state index is 12.5. The van der Waals surface area contributed by atoms with Crippen LogP contribution < -0.4 is 9.84 Å². The van der Waals surface area contributed by atoms with Gasteiger partial charge in [0.25, 0.3) is 0 Å². The van der Waals surface area contributed by atoms with Gasteiger partial charge in [-0.3, -0.25) is 9.69 Å². The van der Waals surface area contributed by atoms with Gasteiger partial charge in [-0.05, 0) is 36.2 Å². The zero-order chi connectivity index (χ0) is 21.7. The van der Waals surface area contributed by atoms with Crippen LogP contribution in [0.4, 0.5) is 18.9 Å². The van der Waals surface area contributed by atoms with Crippen molar-refractivity contribution in [2.45, 2.75) is 24.5 Å². The number of alkyl halides is 3. The number of halogens is 3. The maximum Gasteiger partial charge on any atom is 0.573 e. The Kier molecular flexibility index (Phi) is 6.66. The van der Waals surface area contributed by atoms with E-state index in [-0.39, 0.29) is 23.8 Å². The summed E-state index contributed by atoms with van der Waals surface area (Å²) in [5.74, 6) is -2.19. The molecule has 1 fully saturated rings. The smallest absolute Gasteiger partial charge is 0.549 e. The Labute approximate surface area is 174 Å². The lowest BCUT2D eigenvalue weighted by Crippen LogP contribution is -2.48. The fraction of sp³-hybridized carbons (Fsp3) is 0.250. The molecule has 1 atom stereocenters. The molecule has 0 unspecified atom stereocenters. The van der Waals surface area contributed by atoms with Crippen LogP contribution in [0.25, 0.3) is 0 Å². The van der Waals surface area contributed by atoms with E-state index in [9.17, 15) is 27.9 Å². The first-order valence-corrected chi connectivity index (χ1v) is 9.75. The van der Waals surface area contributed by atoms with Crippen LogP contribution in [-0.4, -0.2) is 40.1 Å². The molecular weight excluding hydrogens is 421 g/mol. The molecule has 30 heavy (non-hydrogen) atoms. The van der Waals surface area contributed by atoms with Gasteiger partial charge >= 0.3 is 6.36 Å². The number of hydrogen-bond donors (Lipinski definition) is 0. The highest BCUT2D eigenvalue weighted by Gasteiger charge is 2.33. The van der Waals surface area contributed by atoms with Gasteiger partial charge < -0.3 is 14.6 Å². The summed E-state index contributed by atoms with van der Waals surface area (Å²) in [6, 6.07) is 14.2. The fourth-order valence-corrected chi connectivity index (χ4v) is 3.82. The molecule has 1 saturated heterocycles. The van der Waals surface area contributed by atoms with Crippen LogP contribution in [0.3, 0.4) is 0 Å². The number of amidine groups is 1. The van der Waals surface area contributed by atoms with E-state index >= 15 is 0 Å². The minimum atomic E-state index is -4.81. The number of aliphatic carboxylic acids is 1. The Balaban J connectivity index is 1.81. The third-order valence-corrected chi connectivity index (χ3v) is 5.33. The molecule has 0 N–H and O–H groups in total. The number of carbonyl (C=O) groups excluding carboxylic acids is 2. The van der Waals surface area contributed by atoms with E-state index in [0.29, 0.717) is 6.42 Å². The third kappa shape index (κ3) is 5.99. The van der Waals surface area contributed by atoms with Gasteiger partial charge in [0.1, 0.15) is 5.75 Å². The van der Waals surface area contributed by atoms with Crippen LogP contribution in [0.15, 0.2) is 59.6 Å². The highest BCUT2D eigenvalue weighted by atomic mass is 32.2. The molecule has 0 bridgehead atoms. The molecule has 158 valence electrons. The molecular formula is C20H16F3N2O4S-. The topological polar surface area (TPSA) is 82.0 Å². The van der Waals surface area contributed by atoms with E-state index < -0.39 is 29.2 Å². The van der Waals surface area contributed by atoms with E-state index in [0.717, 1.165) is 29.5 Å². The molecule has 2 aromatic carbocycles. The summed E-state index contributed by atoms with van der Waals surface area (Å²) < 4.78 is 40.7. The summed E-state index contributed by atoms with van der Waals surface area (Å²) in [7, 11) is 0. The predicted molar refractivity (Wildman–Crippen MR) is 103 cm³/mol. The molecule has 1 heterocycles. The number of aliphatic imine (C=N–C) groups is 1. The molecule has 1 aliphatic heterocycles. The second-order valence-electron chi connectivity index (χ2n) is 6.35. The predicted octanol–water partition coefficient (Wildman–Crippen LogP) is 2.90. The van der Waals surface area contributed by atoms with Gasteiger partial charge in [-0.15, -0.1) is 13.2 Å². The SMILES string of the molecule is O=C([O-])[C@@H]1CC(=O)N(CCc2ccccc2)C(=Nc2ccc(OC(F)(F)F)cc2)S1. The van der Waals surface area contributed by atoms with Crippen LogP contribution in [0.5, 0.6) is 5.75 Å². The lowest BCUT2D eigenvalue weighted by Gasteiger charge is -2.32. The van der Waals surface area contributed by atoms with Gasteiger partial charge in [-0.2, -0.15) is 0 Å². The molecule has 3 rings (SSSR count). The minimum Gasteiger partial charge on any atom is -0.549 e. The number of thioether (sulfide) groups is 1. The Bertz CT molecular complexity index is 933. The molecule has 0 saturated carbocycles. The van der Waals surface area contributed by atoms with Crippen molar-refractivity contribution in [3.05, 3.63) is 60.2 Å². The zero-order valence-electron chi connectivity index (χ0n) is 15.5. The molecule has 0 radical (unpaired) electrons. The Morgan fingerprint density at radius 3 is 2.43 bits per heavy atom. The minimum absolute atomic E-state index is 0.154. The van der Waals surface area contributed by atoms with E-state index in [1.54, 1.807) is 0 Å². The molecule has 10 heteroatoms. The Morgan fingerprint density at radius 2 is 1.83 bits per heavy atom. The number of rotatable bonds is 6. The van der Waals surface area contributed by atoms with Gasteiger partial charge in [0.2, 0.25) is 5.91 Å². The van der Waals surface area contributed by atoms with Crippen molar-refractivity contribution in [2.24, 2.45) is 4.99 Å². The van der Waals surface area contributed by atoms with Crippen molar-refractivity contribution in [1.29, 1.82) is 0 Å². The average Bonchev–Trinajstić information content (AvgIpc) is 2.68. The first kappa shape index (κ1) is 21.7. The van der Waals surface area contributed by atoms with E-state index in [4.69, 9.17) is 0 Å². The van der Waals surface area contributed by atoms with Crippen molar-refractivity contribution in [3.8, 4) is 5.75 Å². The quantitative estimate of drug-likeness (QED) is 0.694. The van der Waals surface area contributed by atoms with Crippen molar-refractivity contribution < 1.29 is 32.6 Å². The standard InChI is InChI=1S/C20H17F3N2O4S/c21-20(22,23)29-15-8-6-14(7-9-15)24-19-25(11-10-13-4-2-1-3-5-13)17(26)12-16(30-19)18(27)28/h1-9,16H,10-12H2,(H,27,28)/p-1/t16-/m0/s1. The van der Waals surface area contributed by atoms with E-state index in [1.165, 1.54) is 17.0 Å². The van der Waals surface area contributed by atoms with Crippen LogP contribution in [0.1, 0.15) is 12.0 Å². The molecule has 1 amide bonds. The van der Waals surface area contributed by atoms with Crippen LogP contribution in [-0.2, 0) is 16.0 Å². The number of ether oxygens (including phenoxy) is 1. The van der Waals surface area contributed by atoms with Crippen LogP contribution in [0.2, 0.25) is 0 Å². The highest BCUT2D eigenvalue weighted by molar-refractivity contribution is 8.15. The second-order valence-corrected chi connectivity index (χ2v) is 7.52. The van der Waals surface area contributed by atoms with Gasteiger partial charge in [0.15, 0.2) is 5.17 Å². The lowest BCUT2D eigenvalue weighted by atomic mass is 10.1. The molecule has 0 aromatic heterocycles. The van der Waals surface area contributed by atoms with Crippen molar-refractivity contribution in [1.82, 2.24) is 4.90 Å². The summed E-state index contributed by atoms with van der Waals surface area (Å²) in [4.78, 5) is 29.5. The number of hydrogen-bond acceptors (Lipinski definition) is 6.